The van der Waals surface area contributed by atoms with Crippen LogP contribution in [0.1, 0.15) is 39.0 Å². The highest BCUT2D eigenvalue weighted by molar-refractivity contribution is 5.09. The molecule has 0 amide bonds. The van der Waals surface area contributed by atoms with Gasteiger partial charge in [-0.3, -0.25) is 0 Å². The Labute approximate surface area is 81.2 Å². The van der Waals surface area contributed by atoms with Gasteiger partial charge in [0.25, 0.3) is 0 Å². The Balaban J connectivity index is 2.07. The molecule has 1 heteroatoms. The van der Waals surface area contributed by atoms with Gasteiger partial charge in [0, 0.05) is 0 Å². The summed E-state index contributed by atoms with van der Waals surface area (Å²) in [6, 6.07) is 0. The van der Waals surface area contributed by atoms with E-state index in [9.17, 15) is 5.11 Å². The molecule has 0 aliphatic heterocycles. The van der Waals surface area contributed by atoms with Crippen LogP contribution in [-0.4, -0.2) is 11.2 Å². The molecule has 0 saturated heterocycles. The Morgan fingerprint density at radius 2 is 2.23 bits per heavy atom. The maximum atomic E-state index is 9.22. The van der Waals surface area contributed by atoms with E-state index in [1.165, 1.54) is 25.7 Å². The third kappa shape index (κ3) is 4.28. The molecule has 1 rings (SSSR count). The zero-order chi connectivity index (χ0) is 9.52. The highest BCUT2D eigenvalue weighted by atomic mass is 16.3. The normalized spacial score (nSPS) is 27.5. The van der Waals surface area contributed by atoms with Gasteiger partial charge in [-0.05, 0) is 25.2 Å². The van der Waals surface area contributed by atoms with E-state index in [0.717, 1.165) is 6.42 Å². The van der Waals surface area contributed by atoms with Crippen molar-refractivity contribution >= 4 is 0 Å². The third-order valence-electron chi connectivity index (χ3n) is 2.45. The average molecular weight is 180 g/mol. The van der Waals surface area contributed by atoms with E-state index in [-0.39, 0.29) is 6.10 Å². The lowest BCUT2D eigenvalue weighted by Gasteiger charge is -2.01. The van der Waals surface area contributed by atoms with Crippen molar-refractivity contribution < 1.29 is 5.11 Å². The topological polar surface area (TPSA) is 20.2 Å². The van der Waals surface area contributed by atoms with Crippen molar-refractivity contribution in [2.24, 2.45) is 5.92 Å². The second-order valence-electron chi connectivity index (χ2n) is 3.78. The van der Waals surface area contributed by atoms with Gasteiger partial charge >= 0.3 is 0 Å². The molecule has 1 aliphatic carbocycles. The summed E-state index contributed by atoms with van der Waals surface area (Å²) in [4.78, 5) is 0. The van der Waals surface area contributed by atoms with Crippen LogP contribution in [0.2, 0.25) is 0 Å². The molecular formula is C12H20O. The van der Waals surface area contributed by atoms with Gasteiger partial charge < -0.3 is 5.11 Å². The Hall–Kier alpha value is -0.560. The first-order valence-electron chi connectivity index (χ1n) is 5.36. The van der Waals surface area contributed by atoms with E-state index in [1.54, 1.807) is 0 Å². The van der Waals surface area contributed by atoms with Crippen molar-refractivity contribution in [3.05, 3.63) is 24.3 Å². The summed E-state index contributed by atoms with van der Waals surface area (Å²) in [7, 11) is 0. The number of aliphatic hydroxyl groups excluding tert-OH is 1. The van der Waals surface area contributed by atoms with Crippen LogP contribution in [0.25, 0.3) is 0 Å². The van der Waals surface area contributed by atoms with E-state index >= 15 is 0 Å². The molecule has 0 heterocycles. The van der Waals surface area contributed by atoms with Crippen LogP contribution in [0, 0.1) is 5.92 Å². The SMILES string of the molecule is CCCCC/C=C/C1C=CC(O)C1. The van der Waals surface area contributed by atoms with Crippen molar-refractivity contribution in [1.82, 2.24) is 0 Å². The van der Waals surface area contributed by atoms with E-state index in [0.29, 0.717) is 5.92 Å². The van der Waals surface area contributed by atoms with E-state index in [1.807, 2.05) is 6.08 Å². The lowest BCUT2D eigenvalue weighted by Crippen LogP contribution is -1.99. The number of hydrogen-bond acceptors (Lipinski definition) is 1. The Kier molecular flexibility index (Phi) is 4.84. The summed E-state index contributed by atoms with van der Waals surface area (Å²) < 4.78 is 0. The van der Waals surface area contributed by atoms with Gasteiger partial charge in [0.1, 0.15) is 0 Å². The molecule has 1 N–H and O–H groups in total. The second kappa shape index (κ2) is 5.98. The number of hydrogen-bond donors (Lipinski definition) is 1. The summed E-state index contributed by atoms with van der Waals surface area (Å²) >= 11 is 0. The van der Waals surface area contributed by atoms with Gasteiger partial charge in [-0.2, -0.15) is 0 Å². The van der Waals surface area contributed by atoms with Gasteiger partial charge in [0.2, 0.25) is 0 Å². The molecule has 74 valence electrons. The van der Waals surface area contributed by atoms with Crippen LogP contribution >= 0.6 is 0 Å². The minimum absolute atomic E-state index is 0.203. The number of unbranched alkanes of at least 4 members (excludes halogenated alkanes) is 3. The summed E-state index contributed by atoms with van der Waals surface area (Å²) in [5.41, 5.74) is 0. The minimum Gasteiger partial charge on any atom is -0.389 e. The number of allylic oxidation sites excluding steroid dienone is 3. The van der Waals surface area contributed by atoms with Gasteiger partial charge in [0.05, 0.1) is 6.10 Å². The highest BCUT2D eigenvalue weighted by Crippen LogP contribution is 2.19. The number of aliphatic hydroxyl groups is 1. The fourth-order valence-electron chi connectivity index (χ4n) is 1.63. The predicted molar refractivity (Wildman–Crippen MR) is 56.5 cm³/mol. The highest BCUT2D eigenvalue weighted by Gasteiger charge is 2.12. The fourth-order valence-corrected chi connectivity index (χ4v) is 1.63. The zero-order valence-corrected chi connectivity index (χ0v) is 8.45. The van der Waals surface area contributed by atoms with Crippen LogP contribution in [0.3, 0.4) is 0 Å². The largest absolute Gasteiger partial charge is 0.389 e. The molecule has 1 nitrogen and oxygen atoms in total. The summed E-state index contributed by atoms with van der Waals surface area (Å²) in [5, 5.41) is 9.22. The van der Waals surface area contributed by atoms with E-state index < -0.39 is 0 Å². The average Bonchev–Trinajstić information content (AvgIpc) is 2.51. The molecule has 0 saturated carbocycles. The molecule has 0 aromatic carbocycles. The van der Waals surface area contributed by atoms with Crippen LogP contribution in [0.5, 0.6) is 0 Å². The van der Waals surface area contributed by atoms with Gasteiger partial charge in [-0.1, -0.05) is 44.1 Å². The maximum absolute atomic E-state index is 9.22. The molecule has 1 aliphatic rings. The Bertz CT molecular complexity index is 182. The standard InChI is InChI=1S/C12H20O/c1-2-3-4-5-6-7-11-8-9-12(13)10-11/h6-9,11-13H,2-5,10H2,1H3/b7-6+. The smallest absolute Gasteiger partial charge is 0.0729 e. The van der Waals surface area contributed by atoms with Crippen LogP contribution < -0.4 is 0 Å². The first kappa shape index (κ1) is 10.5. The first-order chi connectivity index (χ1) is 6.33. The lowest BCUT2D eigenvalue weighted by molar-refractivity contribution is 0.216. The summed E-state index contributed by atoms with van der Waals surface area (Å²) in [6.07, 6.45) is 14.2. The monoisotopic (exact) mass is 180 g/mol. The van der Waals surface area contributed by atoms with Crippen molar-refractivity contribution in [3.63, 3.8) is 0 Å². The van der Waals surface area contributed by atoms with Crippen LogP contribution in [-0.2, 0) is 0 Å². The molecule has 0 aromatic rings. The summed E-state index contributed by atoms with van der Waals surface area (Å²) in [5.74, 6) is 0.483. The third-order valence-corrected chi connectivity index (χ3v) is 2.45. The fraction of sp³-hybridized carbons (Fsp3) is 0.667. The van der Waals surface area contributed by atoms with Gasteiger partial charge in [-0.25, -0.2) is 0 Å². The molecule has 0 spiro atoms. The van der Waals surface area contributed by atoms with E-state index in [4.69, 9.17) is 0 Å². The van der Waals surface area contributed by atoms with Gasteiger partial charge in [0.15, 0.2) is 0 Å². The Morgan fingerprint density at radius 1 is 1.38 bits per heavy atom. The number of rotatable bonds is 5. The van der Waals surface area contributed by atoms with Crippen molar-refractivity contribution in [1.29, 1.82) is 0 Å². The quantitative estimate of drug-likeness (QED) is 0.509. The molecule has 0 radical (unpaired) electrons. The predicted octanol–water partition coefficient (Wildman–Crippen LogP) is 3.06. The molecule has 13 heavy (non-hydrogen) atoms. The van der Waals surface area contributed by atoms with Crippen molar-refractivity contribution in [3.8, 4) is 0 Å². The molecular weight excluding hydrogens is 160 g/mol. The minimum atomic E-state index is -0.203. The zero-order valence-electron chi connectivity index (χ0n) is 8.45. The Morgan fingerprint density at radius 3 is 2.85 bits per heavy atom. The second-order valence-corrected chi connectivity index (χ2v) is 3.78. The molecule has 0 bridgehead atoms. The maximum Gasteiger partial charge on any atom is 0.0729 e. The van der Waals surface area contributed by atoms with E-state index in [2.05, 4.69) is 25.2 Å². The van der Waals surface area contributed by atoms with Crippen LogP contribution in [0.15, 0.2) is 24.3 Å². The molecule has 2 unspecified atom stereocenters. The van der Waals surface area contributed by atoms with Crippen molar-refractivity contribution in [2.45, 2.75) is 45.1 Å². The molecule has 2 atom stereocenters. The molecule has 0 fully saturated rings. The van der Waals surface area contributed by atoms with Gasteiger partial charge in [-0.15, -0.1) is 0 Å². The van der Waals surface area contributed by atoms with Crippen LogP contribution in [0.4, 0.5) is 0 Å². The van der Waals surface area contributed by atoms with Crippen molar-refractivity contribution in [2.75, 3.05) is 0 Å². The molecule has 0 aromatic heterocycles. The lowest BCUT2D eigenvalue weighted by atomic mass is 10.1. The first-order valence-corrected chi connectivity index (χ1v) is 5.36. The summed E-state index contributed by atoms with van der Waals surface area (Å²) in [6.45, 7) is 2.22.